The second kappa shape index (κ2) is 7.11. The maximum absolute atomic E-state index is 15.4. The molecular formula is C33H30F6N4+2. The summed E-state index contributed by atoms with van der Waals surface area (Å²) >= 11 is 0. The van der Waals surface area contributed by atoms with Gasteiger partial charge in [-0.15, -0.1) is 0 Å². The number of allylic oxidation sites excluding steroid dienone is 6. The molecule has 4 nitrogen and oxygen atoms in total. The topological polar surface area (TPSA) is 15.9 Å². The highest BCUT2D eigenvalue weighted by atomic mass is 19.4. The van der Waals surface area contributed by atoms with E-state index in [4.69, 9.17) is 0 Å². The molecule has 8 heterocycles. The molecule has 0 N–H and O–H groups in total. The number of hydrogen-bond donors (Lipinski definition) is 0. The maximum Gasteiger partial charge on any atom is 0.553 e. The Morgan fingerprint density at radius 1 is 0.465 bits per heavy atom. The Balaban J connectivity index is 1.83. The van der Waals surface area contributed by atoms with Gasteiger partial charge in [0.15, 0.2) is 5.57 Å². The van der Waals surface area contributed by atoms with Crippen molar-refractivity contribution < 1.29 is 35.5 Å². The van der Waals surface area contributed by atoms with Crippen molar-refractivity contribution in [2.75, 3.05) is 0 Å². The van der Waals surface area contributed by atoms with E-state index in [-0.39, 0.29) is 33.6 Å². The number of halogens is 6. The van der Waals surface area contributed by atoms with E-state index in [2.05, 4.69) is 0 Å². The van der Waals surface area contributed by atoms with Crippen LogP contribution in [0, 0.1) is 27.7 Å². The van der Waals surface area contributed by atoms with Gasteiger partial charge in [-0.3, -0.25) is 0 Å². The Morgan fingerprint density at radius 3 is 1.44 bits per heavy atom. The van der Waals surface area contributed by atoms with Crippen LogP contribution < -0.4 is 10.7 Å². The van der Waals surface area contributed by atoms with Crippen molar-refractivity contribution in [3.63, 3.8) is 0 Å². The van der Waals surface area contributed by atoms with Crippen molar-refractivity contribution in [2.24, 2.45) is 0 Å². The quantitative estimate of drug-likeness (QED) is 0.259. The van der Waals surface area contributed by atoms with Gasteiger partial charge in [-0.05, 0) is 91.5 Å². The van der Waals surface area contributed by atoms with Gasteiger partial charge in [0, 0.05) is 27.9 Å². The Labute approximate surface area is 243 Å². The third-order valence-corrected chi connectivity index (χ3v) is 11.0. The number of rotatable bonds is 0. The molecule has 43 heavy (non-hydrogen) atoms. The molecule has 6 aliphatic rings. The monoisotopic (exact) mass is 596 g/mol. The average molecular weight is 597 g/mol. The highest BCUT2D eigenvalue weighted by molar-refractivity contribution is 6.26. The number of aromatic nitrogens is 2. The highest BCUT2D eigenvalue weighted by Crippen LogP contribution is 2.58. The minimum Gasteiger partial charge on any atom is -0.198 e. The summed E-state index contributed by atoms with van der Waals surface area (Å²) in [7, 11) is 0. The van der Waals surface area contributed by atoms with Crippen molar-refractivity contribution in [3.05, 3.63) is 83.6 Å². The maximum atomic E-state index is 15.4. The summed E-state index contributed by atoms with van der Waals surface area (Å²) in [5, 5.41) is 0.626. The molecule has 0 bridgehead atoms. The smallest absolute Gasteiger partial charge is 0.198 e. The lowest BCUT2D eigenvalue weighted by Crippen LogP contribution is -2.72. The molecule has 0 amide bonds. The van der Waals surface area contributed by atoms with Crippen LogP contribution in [0.25, 0.3) is 16.7 Å². The zero-order valence-corrected chi connectivity index (χ0v) is 25.6. The molecule has 0 aliphatic carbocycles. The largest absolute Gasteiger partial charge is 0.553 e. The summed E-state index contributed by atoms with van der Waals surface area (Å²) in [5.74, 6) is -1.61. The molecule has 1 unspecified atom stereocenters. The van der Waals surface area contributed by atoms with Crippen LogP contribution in [-0.2, 0) is 5.91 Å². The molecule has 222 valence electrons. The molecule has 0 saturated carbocycles. The van der Waals surface area contributed by atoms with E-state index in [1.165, 1.54) is 18.4 Å². The fraction of sp³-hybridized carbons (Fsp3) is 0.394. The third kappa shape index (κ3) is 2.40. The summed E-state index contributed by atoms with van der Waals surface area (Å²) in [5.41, 5.74) is 6.37. The van der Waals surface area contributed by atoms with Gasteiger partial charge in [0.1, 0.15) is 5.57 Å². The van der Waals surface area contributed by atoms with E-state index in [1.807, 2.05) is 46.1 Å². The molecular weight excluding hydrogens is 566 g/mol. The van der Waals surface area contributed by atoms with Crippen molar-refractivity contribution in [2.45, 2.75) is 87.5 Å². The number of alkyl halides is 6. The molecule has 8 rings (SSSR count). The fourth-order valence-corrected chi connectivity index (χ4v) is 8.99. The van der Waals surface area contributed by atoms with Crippen LogP contribution >= 0.6 is 0 Å². The van der Waals surface area contributed by atoms with Crippen LogP contribution in [0.15, 0.2) is 39.3 Å². The van der Waals surface area contributed by atoms with E-state index in [0.717, 1.165) is 33.7 Å². The second-order valence-electron chi connectivity index (χ2n) is 12.7. The summed E-state index contributed by atoms with van der Waals surface area (Å²) in [6, 6.07) is 0. The van der Waals surface area contributed by atoms with Crippen LogP contribution in [0.4, 0.5) is 26.3 Å². The van der Waals surface area contributed by atoms with Crippen LogP contribution in [-0.4, -0.2) is 42.1 Å². The molecule has 2 aromatic rings. The van der Waals surface area contributed by atoms with Gasteiger partial charge in [0.05, 0.1) is 27.7 Å². The predicted molar refractivity (Wildman–Crippen MR) is 151 cm³/mol. The van der Waals surface area contributed by atoms with Gasteiger partial charge in [0.25, 0.3) is 0 Å². The third-order valence-electron chi connectivity index (χ3n) is 11.0. The summed E-state index contributed by atoms with van der Waals surface area (Å²) in [6.07, 6.45) is -9.67. The normalized spacial score (nSPS) is 23.7. The first-order valence-electron chi connectivity index (χ1n) is 14.3. The van der Waals surface area contributed by atoms with Crippen LogP contribution in [0.2, 0.25) is 0 Å². The molecule has 0 fully saturated rings. The van der Waals surface area contributed by atoms with Crippen molar-refractivity contribution >= 4 is 28.1 Å². The summed E-state index contributed by atoms with van der Waals surface area (Å²) in [6.45, 7) is 17.9. The zero-order chi connectivity index (χ0) is 31.4. The number of hydrogen-bond acceptors (Lipinski definition) is 0. The van der Waals surface area contributed by atoms with Crippen molar-refractivity contribution in [3.8, 4) is 0 Å². The Kier molecular flexibility index (Phi) is 4.43. The van der Waals surface area contributed by atoms with Gasteiger partial charge >= 0.3 is 18.3 Å². The Bertz CT molecular complexity index is 2230. The molecule has 1 atom stereocenters. The minimum atomic E-state index is -4.83. The lowest BCUT2D eigenvalue weighted by Gasteiger charge is -2.41. The SMILES string of the molecule is CC1=C(C)C2=[N+]3C1=C(C)C1=[N+]4C(=C(C(F)(F)F)c5c(C)c(C)c6n5C43n3c(c(C)c(C)c3=C6C(F)(F)F)=C2C)C(C)=C1C. The van der Waals surface area contributed by atoms with Gasteiger partial charge in [-0.25, -0.2) is 0 Å². The van der Waals surface area contributed by atoms with Crippen LogP contribution in [0.1, 0.15) is 75.2 Å². The molecule has 0 aromatic carbocycles. The average Bonchev–Trinajstić information content (AvgIpc) is 3.52. The summed E-state index contributed by atoms with van der Waals surface area (Å²) in [4.78, 5) is 0. The van der Waals surface area contributed by atoms with Gasteiger partial charge in [-0.1, -0.05) is 9.15 Å². The second-order valence-corrected chi connectivity index (χ2v) is 12.7. The minimum absolute atomic E-state index is 0.00974. The molecule has 10 heteroatoms. The zero-order valence-electron chi connectivity index (χ0n) is 25.6. The lowest BCUT2D eigenvalue weighted by molar-refractivity contribution is -0.838. The van der Waals surface area contributed by atoms with E-state index in [0.29, 0.717) is 33.3 Å². The lowest BCUT2D eigenvalue weighted by atomic mass is 9.96. The first-order valence-corrected chi connectivity index (χ1v) is 14.3. The van der Waals surface area contributed by atoms with E-state index >= 15 is 26.3 Å². The van der Waals surface area contributed by atoms with E-state index < -0.39 is 29.4 Å². The van der Waals surface area contributed by atoms with Crippen LogP contribution in [0.3, 0.4) is 0 Å². The van der Waals surface area contributed by atoms with Crippen LogP contribution in [0.5, 0.6) is 0 Å². The van der Waals surface area contributed by atoms with E-state index in [9.17, 15) is 0 Å². The standard InChI is InChI=1S/C33H30F6N4/c1-11-12(2)24-20(10)26-14(4)16(6)28-22(32(37,38)39)30-18(8)17(7)29-21(31(34,35)36)27-15(5)13(3)25-19(9)23(11)40(24)33(41(25)27,42(26)28)43(29)30/h1-10H3/q+2. The van der Waals surface area contributed by atoms with Gasteiger partial charge < -0.3 is 0 Å². The van der Waals surface area contributed by atoms with Crippen molar-refractivity contribution in [1.29, 1.82) is 0 Å². The van der Waals surface area contributed by atoms with Gasteiger partial charge in [-0.2, -0.15) is 35.5 Å². The molecule has 1 spiro atoms. The first kappa shape index (κ1) is 26.8. The van der Waals surface area contributed by atoms with Crippen molar-refractivity contribution in [1.82, 2.24) is 9.13 Å². The molecule has 0 radical (unpaired) electrons. The molecule has 6 aliphatic heterocycles. The molecule has 2 aromatic heterocycles. The highest BCUT2D eigenvalue weighted by Gasteiger charge is 2.77. The Morgan fingerprint density at radius 2 is 0.907 bits per heavy atom. The fourth-order valence-electron chi connectivity index (χ4n) is 8.99. The predicted octanol–water partition coefficient (Wildman–Crippen LogP) is 6.08. The first-order chi connectivity index (χ1) is 19.8. The molecule has 0 saturated heterocycles. The number of nitrogens with zero attached hydrogens (tertiary/aromatic N) is 4. The van der Waals surface area contributed by atoms with E-state index in [1.54, 1.807) is 23.0 Å². The summed E-state index contributed by atoms with van der Waals surface area (Å²) < 4.78 is 99.4. The van der Waals surface area contributed by atoms with Gasteiger partial charge in [0.2, 0.25) is 22.8 Å². The Hall–Kier alpha value is -3.82.